The summed E-state index contributed by atoms with van der Waals surface area (Å²) in [6.45, 7) is -0.285. The highest BCUT2D eigenvalue weighted by Gasteiger charge is 2.13. The zero-order valence-electron chi connectivity index (χ0n) is 11.8. The third kappa shape index (κ3) is 3.95. The summed E-state index contributed by atoms with van der Waals surface area (Å²) in [6, 6.07) is 12.8. The number of benzene rings is 2. The molecule has 1 N–H and O–H groups in total. The average molecular weight is 302 g/mol. The molecule has 0 heterocycles. The molecule has 0 saturated carbocycles. The monoisotopic (exact) mass is 302 g/mol. The van der Waals surface area contributed by atoms with Gasteiger partial charge in [-0.15, -0.1) is 0 Å². The van der Waals surface area contributed by atoms with Gasteiger partial charge in [0.2, 0.25) is 0 Å². The number of amides is 1. The van der Waals surface area contributed by atoms with Crippen LogP contribution in [0.15, 0.2) is 48.5 Å². The molecule has 0 fully saturated rings. The van der Waals surface area contributed by atoms with Gasteiger partial charge in [0.05, 0.1) is 18.1 Å². The van der Waals surface area contributed by atoms with Crippen molar-refractivity contribution in [2.45, 2.75) is 0 Å². The highest BCUT2D eigenvalue weighted by molar-refractivity contribution is 5.91. The second-order valence-corrected chi connectivity index (χ2v) is 4.30. The van der Waals surface area contributed by atoms with Crippen molar-refractivity contribution in [2.75, 3.05) is 19.0 Å². The number of anilines is 1. The van der Waals surface area contributed by atoms with Gasteiger partial charge in [-0.05, 0) is 18.2 Å². The van der Waals surface area contributed by atoms with E-state index in [0.29, 0.717) is 11.4 Å². The van der Waals surface area contributed by atoms with Crippen molar-refractivity contribution in [1.29, 1.82) is 0 Å². The van der Waals surface area contributed by atoms with Gasteiger partial charge < -0.3 is 14.8 Å². The van der Waals surface area contributed by atoms with Gasteiger partial charge in [0, 0.05) is 11.8 Å². The number of para-hydroxylation sites is 1. The Morgan fingerprint density at radius 3 is 2.55 bits per heavy atom. The van der Waals surface area contributed by atoms with Crippen LogP contribution < -0.4 is 14.8 Å². The Morgan fingerprint density at radius 1 is 1.18 bits per heavy atom. The Kier molecular flexibility index (Phi) is 4.92. The number of carbonyl (C=O) groups is 1. The smallest absolute Gasteiger partial charge is 0.273 e. The number of non-ortho nitro benzene ring substituents is 1. The van der Waals surface area contributed by atoms with Crippen LogP contribution in [0.25, 0.3) is 0 Å². The Hall–Kier alpha value is -3.09. The molecular weight excluding hydrogens is 288 g/mol. The standard InChI is InChI=1S/C15H14N2O5/c1-21-13-8-7-12(17(19)20)9-14(13)22-10-15(18)16-11-5-3-2-4-6-11/h2-9H,10H2,1H3,(H,16,18). The maximum atomic E-state index is 11.8. The number of nitrogens with zero attached hydrogens (tertiary/aromatic N) is 1. The van der Waals surface area contributed by atoms with E-state index in [1.165, 1.54) is 25.3 Å². The summed E-state index contributed by atoms with van der Waals surface area (Å²) in [7, 11) is 1.41. The van der Waals surface area contributed by atoms with Crippen LogP contribution in [0.5, 0.6) is 11.5 Å². The summed E-state index contributed by atoms with van der Waals surface area (Å²) in [6.07, 6.45) is 0. The molecule has 2 aromatic carbocycles. The van der Waals surface area contributed by atoms with E-state index in [9.17, 15) is 14.9 Å². The predicted molar refractivity (Wildman–Crippen MR) is 80.2 cm³/mol. The van der Waals surface area contributed by atoms with Crippen LogP contribution in [0.2, 0.25) is 0 Å². The van der Waals surface area contributed by atoms with Crippen LogP contribution >= 0.6 is 0 Å². The Balaban J connectivity index is 2.02. The lowest BCUT2D eigenvalue weighted by Crippen LogP contribution is -2.20. The summed E-state index contributed by atoms with van der Waals surface area (Å²) < 4.78 is 10.4. The molecule has 1 amide bonds. The zero-order chi connectivity index (χ0) is 15.9. The molecule has 0 bridgehead atoms. The van der Waals surface area contributed by atoms with Crippen molar-refractivity contribution in [3.8, 4) is 11.5 Å². The highest BCUT2D eigenvalue weighted by atomic mass is 16.6. The second-order valence-electron chi connectivity index (χ2n) is 4.30. The first-order valence-corrected chi connectivity index (χ1v) is 6.40. The van der Waals surface area contributed by atoms with Gasteiger partial charge in [-0.2, -0.15) is 0 Å². The van der Waals surface area contributed by atoms with E-state index in [2.05, 4.69) is 5.32 Å². The Morgan fingerprint density at radius 2 is 1.91 bits per heavy atom. The third-order valence-corrected chi connectivity index (χ3v) is 2.77. The number of carbonyl (C=O) groups excluding carboxylic acids is 1. The van der Waals surface area contributed by atoms with Crippen molar-refractivity contribution in [2.24, 2.45) is 0 Å². The number of nitro benzene ring substituents is 1. The molecule has 0 saturated heterocycles. The fourth-order valence-corrected chi connectivity index (χ4v) is 1.75. The molecule has 2 rings (SSSR count). The van der Waals surface area contributed by atoms with E-state index in [0.717, 1.165) is 0 Å². The fourth-order valence-electron chi connectivity index (χ4n) is 1.75. The molecule has 114 valence electrons. The maximum Gasteiger partial charge on any atom is 0.273 e. The first-order chi connectivity index (χ1) is 10.6. The number of ether oxygens (including phenoxy) is 2. The lowest BCUT2D eigenvalue weighted by atomic mass is 10.3. The van der Waals surface area contributed by atoms with Crippen LogP contribution in [0.1, 0.15) is 0 Å². The molecule has 7 heteroatoms. The molecule has 0 radical (unpaired) electrons. The molecule has 0 unspecified atom stereocenters. The van der Waals surface area contributed by atoms with Crippen molar-refractivity contribution >= 4 is 17.3 Å². The van der Waals surface area contributed by atoms with Gasteiger partial charge in [-0.3, -0.25) is 14.9 Å². The van der Waals surface area contributed by atoms with Crippen molar-refractivity contribution in [3.63, 3.8) is 0 Å². The van der Waals surface area contributed by atoms with Gasteiger partial charge >= 0.3 is 0 Å². The van der Waals surface area contributed by atoms with Crippen LogP contribution in [0.3, 0.4) is 0 Å². The third-order valence-electron chi connectivity index (χ3n) is 2.77. The summed E-state index contributed by atoms with van der Waals surface area (Å²) in [5.74, 6) is 0.0813. The van der Waals surface area contributed by atoms with Gasteiger partial charge in [0.25, 0.3) is 11.6 Å². The Labute approximate surface area is 126 Å². The molecular formula is C15H14N2O5. The van der Waals surface area contributed by atoms with Gasteiger partial charge in [0.1, 0.15) is 0 Å². The molecule has 0 aliphatic rings. The van der Waals surface area contributed by atoms with E-state index >= 15 is 0 Å². The van der Waals surface area contributed by atoms with E-state index in [4.69, 9.17) is 9.47 Å². The fraction of sp³-hybridized carbons (Fsp3) is 0.133. The second kappa shape index (κ2) is 7.07. The molecule has 22 heavy (non-hydrogen) atoms. The highest BCUT2D eigenvalue weighted by Crippen LogP contribution is 2.31. The zero-order valence-corrected chi connectivity index (χ0v) is 11.8. The minimum Gasteiger partial charge on any atom is -0.493 e. The minimum absolute atomic E-state index is 0.139. The topological polar surface area (TPSA) is 90.7 Å². The van der Waals surface area contributed by atoms with Crippen LogP contribution in [-0.4, -0.2) is 24.5 Å². The quantitative estimate of drug-likeness (QED) is 0.654. The number of rotatable bonds is 6. The molecule has 0 aliphatic heterocycles. The summed E-state index contributed by atoms with van der Waals surface area (Å²) >= 11 is 0. The van der Waals surface area contributed by atoms with Crippen LogP contribution in [0, 0.1) is 10.1 Å². The van der Waals surface area contributed by atoms with Gasteiger partial charge in [0.15, 0.2) is 18.1 Å². The summed E-state index contributed by atoms with van der Waals surface area (Å²) in [5, 5.41) is 13.4. The van der Waals surface area contributed by atoms with Crippen molar-refractivity contribution < 1.29 is 19.2 Å². The number of methoxy groups -OCH3 is 1. The first-order valence-electron chi connectivity index (χ1n) is 6.40. The predicted octanol–water partition coefficient (Wildman–Crippen LogP) is 2.62. The van der Waals surface area contributed by atoms with E-state index in [-0.39, 0.29) is 24.0 Å². The number of hydrogen-bond acceptors (Lipinski definition) is 5. The average Bonchev–Trinajstić information content (AvgIpc) is 2.53. The normalized spacial score (nSPS) is 9.86. The maximum absolute atomic E-state index is 11.8. The van der Waals surface area contributed by atoms with Crippen LogP contribution in [-0.2, 0) is 4.79 Å². The summed E-state index contributed by atoms with van der Waals surface area (Å²) in [5.41, 5.74) is 0.501. The van der Waals surface area contributed by atoms with Crippen LogP contribution in [0.4, 0.5) is 11.4 Å². The molecule has 0 atom stereocenters. The first kappa shape index (κ1) is 15.3. The molecule has 2 aromatic rings. The number of nitro groups is 1. The molecule has 7 nitrogen and oxygen atoms in total. The number of hydrogen-bond donors (Lipinski definition) is 1. The number of nitrogens with one attached hydrogen (secondary N) is 1. The minimum atomic E-state index is -0.545. The van der Waals surface area contributed by atoms with E-state index in [1.807, 2.05) is 6.07 Å². The van der Waals surface area contributed by atoms with E-state index < -0.39 is 4.92 Å². The van der Waals surface area contributed by atoms with Gasteiger partial charge in [-0.1, -0.05) is 18.2 Å². The lowest BCUT2D eigenvalue weighted by molar-refractivity contribution is -0.385. The molecule has 0 aromatic heterocycles. The van der Waals surface area contributed by atoms with E-state index in [1.54, 1.807) is 24.3 Å². The van der Waals surface area contributed by atoms with Crippen molar-refractivity contribution in [3.05, 3.63) is 58.6 Å². The van der Waals surface area contributed by atoms with Gasteiger partial charge in [-0.25, -0.2) is 0 Å². The van der Waals surface area contributed by atoms with Crippen molar-refractivity contribution in [1.82, 2.24) is 0 Å². The molecule has 0 aliphatic carbocycles. The molecule has 0 spiro atoms. The SMILES string of the molecule is COc1ccc([N+](=O)[O-])cc1OCC(=O)Nc1ccccc1. The largest absolute Gasteiger partial charge is 0.493 e. The Bertz CT molecular complexity index is 673. The summed E-state index contributed by atoms with van der Waals surface area (Å²) in [4.78, 5) is 22.0. The lowest BCUT2D eigenvalue weighted by Gasteiger charge is -2.10.